The molecule has 1 amide bonds. The number of nitrogens with two attached hydrogens (primary N) is 2. The van der Waals surface area contributed by atoms with Crippen molar-refractivity contribution < 1.29 is 9.90 Å². The molecule has 2 unspecified atom stereocenters. The highest BCUT2D eigenvalue weighted by atomic mass is 16.3. The van der Waals surface area contributed by atoms with Gasteiger partial charge in [-0.1, -0.05) is 19.8 Å². The second-order valence-corrected chi connectivity index (χ2v) is 5.95. The van der Waals surface area contributed by atoms with Crippen LogP contribution in [-0.2, 0) is 0 Å². The van der Waals surface area contributed by atoms with Crippen molar-refractivity contribution in [2.75, 3.05) is 17.6 Å². The predicted octanol–water partition coefficient (Wildman–Crippen LogP) is 1.72. The minimum Gasteiger partial charge on any atom is -0.397 e. The number of hydrogen-bond acceptors (Lipinski definition) is 4. The van der Waals surface area contributed by atoms with E-state index in [0.717, 1.165) is 19.3 Å². The van der Waals surface area contributed by atoms with E-state index in [1.165, 1.54) is 6.42 Å². The molecule has 1 aromatic rings. The Morgan fingerprint density at radius 1 is 1.55 bits per heavy atom. The molecule has 0 aromatic heterocycles. The summed E-state index contributed by atoms with van der Waals surface area (Å²) in [5, 5.41) is 13.7. The monoisotopic (exact) mass is 277 g/mol. The Kier molecular flexibility index (Phi) is 4.18. The van der Waals surface area contributed by atoms with E-state index in [2.05, 4.69) is 12.2 Å². The lowest BCUT2D eigenvalue weighted by molar-refractivity contribution is -0.000749. The SMILES string of the molecule is CC1CCCC(O)(CNc2cc(C(N)=O)ccc2N)C1. The van der Waals surface area contributed by atoms with Crippen LogP contribution in [0.2, 0.25) is 0 Å². The van der Waals surface area contributed by atoms with Gasteiger partial charge >= 0.3 is 0 Å². The van der Waals surface area contributed by atoms with Gasteiger partial charge in [0.2, 0.25) is 5.91 Å². The van der Waals surface area contributed by atoms with E-state index >= 15 is 0 Å². The summed E-state index contributed by atoms with van der Waals surface area (Å²) in [6.45, 7) is 2.59. The quantitative estimate of drug-likeness (QED) is 0.629. The number of aliphatic hydroxyl groups is 1. The molecule has 20 heavy (non-hydrogen) atoms. The second-order valence-electron chi connectivity index (χ2n) is 5.95. The average molecular weight is 277 g/mol. The Bertz CT molecular complexity index is 504. The van der Waals surface area contributed by atoms with Crippen molar-refractivity contribution in [2.45, 2.75) is 38.2 Å². The van der Waals surface area contributed by atoms with Crippen molar-refractivity contribution in [1.82, 2.24) is 0 Å². The van der Waals surface area contributed by atoms with Gasteiger partial charge in [0.05, 0.1) is 17.0 Å². The number of benzene rings is 1. The molecule has 1 saturated carbocycles. The Morgan fingerprint density at radius 3 is 2.95 bits per heavy atom. The third-order valence-corrected chi connectivity index (χ3v) is 4.01. The zero-order valence-electron chi connectivity index (χ0n) is 11.9. The number of anilines is 2. The molecule has 0 radical (unpaired) electrons. The summed E-state index contributed by atoms with van der Waals surface area (Å²) in [5.41, 5.74) is 12.0. The summed E-state index contributed by atoms with van der Waals surface area (Å²) in [6, 6.07) is 4.88. The molecule has 0 aliphatic heterocycles. The van der Waals surface area contributed by atoms with Gasteiger partial charge in [0.25, 0.3) is 0 Å². The van der Waals surface area contributed by atoms with Gasteiger partial charge in [-0.05, 0) is 37.0 Å². The number of nitrogens with one attached hydrogen (secondary N) is 1. The molecule has 110 valence electrons. The van der Waals surface area contributed by atoms with E-state index in [-0.39, 0.29) is 0 Å². The lowest BCUT2D eigenvalue weighted by Crippen LogP contribution is -2.41. The van der Waals surface area contributed by atoms with Crippen LogP contribution in [0.25, 0.3) is 0 Å². The van der Waals surface area contributed by atoms with Crippen LogP contribution in [0, 0.1) is 5.92 Å². The normalized spacial score (nSPS) is 26.2. The maximum absolute atomic E-state index is 11.2. The fraction of sp³-hybridized carbons (Fsp3) is 0.533. The highest BCUT2D eigenvalue weighted by Gasteiger charge is 2.32. The van der Waals surface area contributed by atoms with E-state index in [0.29, 0.717) is 29.4 Å². The van der Waals surface area contributed by atoms with Crippen molar-refractivity contribution in [3.8, 4) is 0 Å². The maximum Gasteiger partial charge on any atom is 0.248 e. The number of rotatable bonds is 4. The van der Waals surface area contributed by atoms with Gasteiger partial charge in [0.15, 0.2) is 0 Å². The molecule has 0 bridgehead atoms. The molecule has 1 fully saturated rings. The lowest BCUT2D eigenvalue weighted by Gasteiger charge is -2.36. The van der Waals surface area contributed by atoms with Gasteiger partial charge < -0.3 is 21.9 Å². The average Bonchev–Trinajstić information content (AvgIpc) is 2.37. The van der Waals surface area contributed by atoms with Crippen LogP contribution in [0.5, 0.6) is 0 Å². The Balaban J connectivity index is 2.06. The van der Waals surface area contributed by atoms with Gasteiger partial charge in [-0.25, -0.2) is 0 Å². The van der Waals surface area contributed by atoms with Crippen LogP contribution in [-0.4, -0.2) is 23.2 Å². The van der Waals surface area contributed by atoms with Gasteiger partial charge in [-0.2, -0.15) is 0 Å². The smallest absolute Gasteiger partial charge is 0.248 e. The van der Waals surface area contributed by atoms with Crippen LogP contribution in [0.3, 0.4) is 0 Å². The zero-order chi connectivity index (χ0) is 14.8. The molecular weight excluding hydrogens is 254 g/mol. The minimum atomic E-state index is -0.702. The number of carbonyl (C=O) groups excluding carboxylic acids is 1. The summed E-state index contributed by atoms with van der Waals surface area (Å²) < 4.78 is 0. The molecule has 5 heteroatoms. The number of primary amides is 1. The first-order valence-electron chi connectivity index (χ1n) is 7.05. The number of amides is 1. The first kappa shape index (κ1) is 14.7. The summed E-state index contributed by atoms with van der Waals surface area (Å²) in [6.07, 6.45) is 3.78. The lowest BCUT2D eigenvalue weighted by atomic mass is 9.79. The molecule has 0 spiro atoms. The minimum absolute atomic E-state index is 0.408. The van der Waals surface area contributed by atoms with Crippen LogP contribution in [0.4, 0.5) is 11.4 Å². The van der Waals surface area contributed by atoms with E-state index in [1.54, 1.807) is 18.2 Å². The summed E-state index contributed by atoms with van der Waals surface area (Å²) in [4.78, 5) is 11.2. The largest absolute Gasteiger partial charge is 0.397 e. The summed E-state index contributed by atoms with van der Waals surface area (Å²) in [5.74, 6) is 0.0444. The van der Waals surface area contributed by atoms with Crippen LogP contribution in [0.15, 0.2) is 18.2 Å². The van der Waals surface area contributed by atoms with Gasteiger partial charge in [-0.15, -0.1) is 0 Å². The van der Waals surface area contributed by atoms with E-state index in [4.69, 9.17) is 11.5 Å². The fourth-order valence-corrected chi connectivity index (χ4v) is 2.92. The van der Waals surface area contributed by atoms with Crippen molar-refractivity contribution in [3.05, 3.63) is 23.8 Å². The summed E-state index contributed by atoms with van der Waals surface area (Å²) >= 11 is 0. The third-order valence-electron chi connectivity index (χ3n) is 4.01. The highest BCUT2D eigenvalue weighted by molar-refractivity contribution is 5.94. The molecule has 0 heterocycles. The first-order chi connectivity index (χ1) is 9.39. The topological polar surface area (TPSA) is 101 Å². The highest BCUT2D eigenvalue weighted by Crippen LogP contribution is 2.33. The molecule has 1 aromatic carbocycles. The molecule has 0 saturated heterocycles. The molecule has 2 atom stereocenters. The van der Waals surface area contributed by atoms with Crippen LogP contribution in [0.1, 0.15) is 43.0 Å². The zero-order valence-corrected chi connectivity index (χ0v) is 11.9. The van der Waals surface area contributed by atoms with Gasteiger partial charge in [-0.3, -0.25) is 4.79 Å². The molecule has 1 aliphatic carbocycles. The molecule has 6 N–H and O–H groups in total. The van der Waals surface area contributed by atoms with Crippen LogP contribution < -0.4 is 16.8 Å². The van der Waals surface area contributed by atoms with E-state index < -0.39 is 11.5 Å². The van der Waals surface area contributed by atoms with E-state index in [9.17, 15) is 9.90 Å². The van der Waals surface area contributed by atoms with Crippen molar-refractivity contribution in [1.29, 1.82) is 0 Å². The second kappa shape index (κ2) is 5.71. The van der Waals surface area contributed by atoms with Gasteiger partial charge in [0, 0.05) is 12.1 Å². The first-order valence-corrected chi connectivity index (χ1v) is 7.05. The predicted molar refractivity (Wildman–Crippen MR) is 80.4 cm³/mol. The van der Waals surface area contributed by atoms with Crippen molar-refractivity contribution in [2.24, 2.45) is 11.7 Å². The Labute approximate surface area is 119 Å². The number of carbonyl (C=O) groups is 1. The Hall–Kier alpha value is -1.75. The van der Waals surface area contributed by atoms with Gasteiger partial charge in [0.1, 0.15) is 0 Å². The van der Waals surface area contributed by atoms with E-state index in [1.807, 2.05) is 0 Å². The standard InChI is InChI=1S/C15H23N3O2/c1-10-3-2-6-15(20,8-10)9-18-13-7-11(14(17)19)4-5-12(13)16/h4-5,7,10,18,20H,2-3,6,8-9,16H2,1H3,(H2,17,19). The maximum atomic E-state index is 11.2. The fourth-order valence-electron chi connectivity index (χ4n) is 2.92. The van der Waals surface area contributed by atoms with Crippen molar-refractivity contribution in [3.63, 3.8) is 0 Å². The molecule has 5 nitrogen and oxygen atoms in total. The molecule has 1 aliphatic rings. The van der Waals surface area contributed by atoms with Crippen LogP contribution >= 0.6 is 0 Å². The third kappa shape index (κ3) is 3.42. The Morgan fingerprint density at radius 2 is 2.30 bits per heavy atom. The number of hydrogen-bond donors (Lipinski definition) is 4. The molecular formula is C15H23N3O2. The summed E-state index contributed by atoms with van der Waals surface area (Å²) in [7, 11) is 0. The molecule has 2 rings (SSSR count). The number of nitrogen functional groups attached to an aromatic ring is 1. The van der Waals surface area contributed by atoms with Crippen molar-refractivity contribution >= 4 is 17.3 Å².